The van der Waals surface area contributed by atoms with E-state index in [1.54, 1.807) is 0 Å². The van der Waals surface area contributed by atoms with Gasteiger partial charge in [-0.25, -0.2) is 8.78 Å². The highest BCUT2D eigenvalue weighted by atomic mass is 19.3. The average molecular weight is 280 g/mol. The van der Waals surface area contributed by atoms with Gasteiger partial charge in [0.1, 0.15) is 0 Å². The van der Waals surface area contributed by atoms with Gasteiger partial charge in [-0.2, -0.15) is 0 Å². The molecule has 3 rings (SSSR count). The molecule has 0 saturated heterocycles. The maximum atomic E-state index is 13.1. The second-order valence-corrected chi connectivity index (χ2v) is 6.42. The Labute approximate surface area is 119 Å². The number of benzene rings is 1. The number of alkyl halides is 2. The van der Waals surface area contributed by atoms with Crippen LogP contribution in [0.4, 0.5) is 8.78 Å². The Balaban J connectivity index is 1.60. The van der Waals surface area contributed by atoms with Crippen molar-refractivity contribution in [1.82, 2.24) is 0 Å². The molecule has 0 bridgehead atoms. The second kappa shape index (κ2) is 5.44. The minimum Gasteiger partial charge on any atom is -0.392 e. The summed E-state index contributed by atoms with van der Waals surface area (Å²) in [7, 11) is 0. The highest BCUT2D eigenvalue weighted by Gasteiger charge is 2.37. The van der Waals surface area contributed by atoms with Crippen LogP contribution >= 0.6 is 0 Å². The molecule has 0 radical (unpaired) electrons. The Bertz CT molecular complexity index is 474. The Hall–Kier alpha value is -0.960. The number of hydrogen-bond acceptors (Lipinski definition) is 1. The highest BCUT2D eigenvalue weighted by molar-refractivity contribution is 5.35. The highest BCUT2D eigenvalue weighted by Crippen LogP contribution is 2.38. The van der Waals surface area contributed by atoms with Crippen LogP contribution in [0.3, 0.4) is 0 Å². The van der Waals surface area contributed by atoms with E-state index in [0.29, 0.717) is 19.3 Å². The molecule has 1 saturated carbocycles. The van der Waals surface area contributed by atoms with Crippen molar-refractivity contribution in [2.24, 2.45) is 5.92 Å². The van der Waals surface area contributed by atoms with Crippen LogP contribution in [0.15, 0.2) is 18.2 Å². The van der Waals surface area contributed by atoms with Crippen LogP contribution in [0, 0.1) is 5.92 Å². The van der Waals surface area contributed by atoms with Gasteiger partial charge in [0.25, 0.3) is 0 Å². The van der Waals surface area contributed by atoms with Crippen LogP contribution in [0.5, 0.6) is 0 Å². The molecule has 1 aromatic carbocycles. The summed E-state index contributed by atoms with van der Waals surface area (Å²) >= 11 is 0. The van der Waals surface area contributed by atoms with Gasteiger partial charge >= 0.3 is 0 Å². The number of fused-ring (bicyclic) bond motifs is 1. The summed E-state index contributed by atoms with van der Waals surface area (Å²) in [6.07, 6.45) is 4.38. The molecule has 1 aromatic rings. The quantitative estimate of drug-likeness (QED) is 0.890. The van der Waals surface area contributed by atoms with E-state index in [-0.39, 0.29) is 18.8 Å². The first-order valence-corrected chi connectivity index (χ1v) is 7.70. The van der Waals surface area contributed by atoms with Gasteiger partial charge in [0, 0.05) is 12.8 Å². The van der Waals surface area contributed by atoms with Crippen LogP contribution in [0.1, 0.15) is 48.8 Å². The largest absolute Gasteiger partial charge is 0.392 e. The topological polar surface area (TPSA) is 20.2 Å². The maximum absolute atomic E-state index is 13.1. The summed E-state index contributed by atoms with van der Waals surface area (Å²) in [5.74, 6) is -2.48. The lowest BCUT2D eigenvalue weighted by Crippen LogP contribution is -2.32. The monoisotopic (exact) mass is 280 g/mol. The standard InChI is InChI=1S/C17H22F2O/c18-17(19)8-6-14(7-9-17)16(20)11-12-4-5-13-2-1-3-15(13)10-12/h4-5,10,14,16,20H,1-3,6-9,11H2. The van der Waals surface area contributed by atoms with Crippen LogP contribution < -0.4 is 0 Å². The minimum atomic E-state index is -2.51. The Kier molecular flexibility index (Phi) is 3.80. The van der Waals surface area contributed by atoms with Crippen molar-refractivity contribution in [3.63, 3.8) is 0 Å². The third-order valence-electron chi connectivity index (χ3n) is 4.91. The zero-order chi connectivity index (χ0) is 14.2. The van der Waals surface area contributed by atoms with E-state index in [1.165, 1.54) is 17.5 Å². The first-order chi connectivity index (χ1) is 9.53. The zero-order valence-corrected chi connectivity index (χ0v) is 11.7. The first kappa shape index (κ1) is 14.0. The molecule has 1 unspecified atom stereocenters. The normalized spacial score (nSPS) is 23.6. The summed E-state index contributed by atoms with van der Waals surface area (Å²) in [6, 6.07) is 6.45. The predicted octanol–water partition coefficient (Wildman–Crippen LogP) is 3.90. The van der Waals surface area contributed by atoms with Crippen molar-refractivity contribution >= 4 is 0 Å². The molecule has 1 nitrogen and oxygen atoms in total. The Morgan fingerprint density at radius 1 is 1.15 bits per heavy atom. The van der Waals surface area contributed by atoms with Crippen molar-refractivity contribution in [1.29, 1.82) is 0 Å². The lowest BCUT2D eigenvalue weighted by molar-refractivity contribution is -0.0619. The smallest absolute Gasteiger partial charge is 0.248 e. The average Bonchev–Trinajstić information content (AvgIpc) is 2.86. The summed E-state index contributed by atoms with van der Waals surface area (Å²) < 4.78 is 26.3. The third kappa shape index (κ3) is 3.03. The van der Waals surface area contributed by atoms with Crippen molar-refractivity contribution in [2.45, 2.75) is 63.4 Å². The SMILES string of the molecule is OC(Cc1ccc2c(c1)CCC2)C1CCC(F)(F)CC1. The van der Waals surface area contributed by atoms with E-state index in [9.17, 15) is 13.9 Å². The van der Waals surface area contributed by atoms with E-state index >= 15 is 0 Å². The lowest BCUT2D eigenvalue weighted by Gasteiger charge is -2.31. The number of rotatable bonds is 3. The fourth-order valence-electron chi connectivity index (χ4n) is 3.61. The molecule has 0 aromatic heterocycles. The lowest BCUT2D eigenvalue weighted by atomic mass is 9.81. The second-order valence-electron chi connectivity index (χ2n) is 6.42. The molecular formula is C17H22F2O. The number of aryl methyl sites for hydroxylation is 2. The van der Waals surface area contributed by atoms with Gasteiger partial charge in [0.05, 0.1) is 6.10 Å². The summed E-state index contributed by atoms with van der Waals surface area (Å²) in [5, 5.41) is 10.3. The van der Waals surface area contributed by atoms with Crippen LogP contribution in [0.25, 0.3) is 0 Å². The number of aliphatic hydroxyl groups excluding tert-OH is 1. The van der Waals surface area contributed by atoms with Crippen molar-refractivity contribution < 1.29 is 13.9 Å². The zero-order valence-electron chi connectivity index (χ0n) is 11.7. The van der Waals surface area contributed by atoms with E-state index in [4.69, 9.17) is 0 Å². The Morgan fingerprint density at radius 2 is 1.85 bits per heavy atom. The van der Waals surface area contributed by atoms with Crippen molar-refractivity contribution in [2.75, 3.05) is 0 Å². The van der Waals surface area contributed by atoms with Gasteiger partial charge in [-0.05, 0) is 61.1 Å². The van der Waals surface area contributed by atoms with Gasteiger partial charge in [0.2, 0.25) is 5.92 Å². The fraction of sp³-hybridized carbons (Fsp3) is 0.647. The van der Waals surface area contributed by atoms with Crippen molar-refractivity contribution in [3.8, 4) is 0 Å². The molecule has 3 heteroatoms. The molecule has 1 N–H and O–H groups in total. The van der Waals surface area contributed by atoms with Gasteiger partial charge < -0.3 is 5.11 Å². The van der Waals surface area contributed by atoms with Crippen LogP contribution in [0.2, 0.25) is 0 Å². The molecule has 110 valence electrons. The molecule has 1 atom stereocenters. The number of halogens is 2. The van der Waals surface area contributed by atoms with Crippen LogP contribution in [-0.4, -0.2) is 17.1 Å². The molecule has 0 heterocycles. The first-order valence-electron chi connectivity index (χ1n) is 7.70. The van der Waals surface area contributed by atoms with Crippen LogP contribution in [-0.2, 0) is 19.3 Å². The van der Waals surface area contributed by atoms with E-state index in [1.807, 2.05) is 0 Å². The molecule has 0 aliphatic heterocycles. The molecule has 1 fully saturated rings. The van der Waals surface area contributed by atoms with E-state index in [2.05, 4.69) is 18.2 Å². The van der Waals surface area contributed by atoms with E-state index < -0.39 is 12.0 Å². The molecule has 2 aliphatic rings. The minimum absolute atomic E-state index is 0.0304. The maximum Gasteiger partial charge on any atom is 0.248 e. The summed E-state index contributed by atoms with van der Waals surface area (Å²) in [6.45, 7) is 0. The van der Waals surface area contributed by atoms with E-state index in [0.717, 1.165) is 18.4 Å². The molecule has 2 aliphatic carbocycles. The molecule has 20 heavy (non-hydrogen) atoms. The van der Waals surface area contributed by atoms with Crippen molar-refractivity contribution in [3.05, 3.63) is 34.9 Å². The van der Waals surface area contributed by atoms with Gasteiger partial charge in [0.15, 0.2) is 0 Å². The fourth-order valence-corrected chi connectivity index (χ4v) is 3.61. The molecule has 0 amide bonds. The van der Waals surface area contributed by atoms with Gasteiger partial charge in [-0.15, -0.1) is 0 Å². The summed E-state index contributed by atoms with van der Waals surface area (Å²) in [4.78, 5) is 0. The summed E-state index contributed by atoms with van der Waals surface area (Å²) in [5.41, 5.74) is 3.99. The predicted molar refractivity (Wildman–Crippen MR) is 75.1 cm³/mol. The number of aliphatic hydroxyl groups is 1. The van der Waals surface area contributed by atoms with Gasteiger partial charge in [-0.3, -0.25) is 0 Å². The third-order valence-corrected chi connectivity index (χ3v) is 4.91. The Morgan fingerprint density at radius 3 is 2.60 bits per heavy atom. The molecule has 0 spiro atoms. The molecular weight excluding hydrogens is 258 g/mol. The number of hydrogen-bond donors (Lipinski definition) is 1. The van der Waals surface area contributed by atoms with Gasteiger partial charge in [-0.1, -0.05) is 18.2 Å².